The fourth-order valence-electron chi connectivity index (χ4n) is 3.71. The number of benzene rings is 1. The van der Waals surface area contributed by atoms with E-state index in [2.05, 4.69) is 30.7 Å². The molecule has 1 fully saturated rings. The number of hydrogen-bond donors (Lipinski definition) is 2. The number of carbonyl (C=O) groups excluding carboxylic acids is 1. The summed E-state index contributed by atoms with van der Waals surface area (Å²) in [6, 6.07) is 2.88. The van der Waals surface area contributed by atoms with Crippen LogP contribution >= 0.6 is 11.6 Å². The third kappa shape index (κ3) is 4.21. The average Bonchev–Trinajstić information content (AvgIpc) is 3.13. The second-order valence-corrected chi connectivity index (χ2v) is 8.22. The summed E-state index contributed by atoms with van der Waals surface area (Å²) in [7, 11) is 0. The number of pyridine rings is 1. The minimum atomic E-state index is -4.78. The van der Waals surface area contributed by atoms with Crippen molar-refractivity contribution < 1.29 is 27.1 Å². The minimum Gasteiger partial charge on any atom is -0.377 e. The number of halogens is 5. The van der Waals surface area contributed by atoms with Crippen LogP contribution in [0.3, 0.4) is 0 Å². The summed E-state index contributed by atoms with van der Waals surface area (Å²) in [5, 5.41) is 8.72. The predicted molar refractivity (Wildman–Crippen MR) is 116 cm³/mol. The molecule has 2 N–H and O–H groups in total. The molecule has 0 aliphatic carbocycles. The molecule has 9 nitrogen and oxygen atoms in total. The van der Waals surface area contributed by atoms with Gasteiger partial charge in [-0.2, -0.15) is 18.2 Å². The van der Waals surface area contributed by atoms with E-state index in [-0.39, 0.29) is 40.5 Å². The number of anilines is 1. The summed E-state index contributed by atoms with van der Waals surface area (Å²) in [6.07, 6.45) is -3.48. The molecule has 2 aliphatic heterocycles. The fourth-order valence-corrected chi connectivity index (χ4v) is 4.07. The van der Waals surface area contributed by atoms with Gasteiger partial charge in [-0.3, -0.25) is 15.3 Å². The van der Waals surface area contributed by atoms with Crippen LogP contribution in [0.1, 0.15) is 35.6 Å². The lowest BCUT2D eigenvalue weighted by molar-refractivity contribution is -0.137. The maximum absolute atomic E-state index is 14.7. The van der Waals surface area contributed by atoms with Gasteiger partial charge in [-0.1, -0.05) is 11.6 Å². The Kier molecular flexibility index (Phi) is 5.68. The molecule has 1 saturated heterocycles. The highest BCUT2D eigenvalue weighted by Gasteiger charge is 2.38. The maximum Gasteiger partial charge on any atom is 0.417 e. The average molecular weight is 510 g/mol. The topological polar surface area (TPSA) is 106 Å². The number of hydrogen-bond acceptors (Lipinski definition) is 6. The standard InChI is InChI=1S/C21H16ClF4N7O2/c1-9-18-30-19(31-20(34)29-10-7-35-8-10)32-33(18)13-5-4-11(21(24,25)26)15(22)14(13)17(28-9)16-12(23)3-2-6-27-16/h2-6,9-10H,7-8H2,1H3,(H2,29,31,32,34)/t9-/m0/s1. The van der Waals surface area contributed by atoms with Crippen molar-refractivity contribution in [1.29, 1.82) is 0 Å². The van der Waals surface area contributed by atoms with E-state index in [1.165, 1.54) is 16.9 Å². The summed E-state index contributed by atoms with van der Waals surface area (Å²) in [6.45, 7) is 2.36. The SMILES string of the molecule is C[C@@H]1N=C(c2ncccc2F)c2c(ccc(C(F)(F)F)c2Cl)-n2nc(NC(=O)NC3COC3)nc21. The predicted octanol–water partition coefficient (Wildman–Crippen LogP) is 3.91. The summed E-state index contributed by atoms with van der Waals surface area (Å²) in [4.78, 5) is 24.9. The molecule has 4 heterocycles. The van der Waals surface area contributed by atoms with Crippen LogP contribution in [0.4, 0.5) is 28.3 Å². The number of aliphatic imine (C=N–C) groups is 1. The second kappa shape index (κ2) is 8.57. The first kappa shape index (κ1) is 23.2. The first-order chi connectivity index (χ1) is 16.6. The van der Waals surface area contributed by atoms with Crippen LogP contribution in [0.25, 0.3) is 5.69 Å². The maximum atomic E-state index is 14.7. The van der Waals surface area contributed by atoms with Crippen LogP contribution in [0, 0.1) is 5.82 Å². The number of aromatic nitrogens is 4. The van der Waals surface area contributed by atoms with Crippen LogP contribution in [0.5, 0.6) is 0 Å². The van der Waals surface area contributed by atoms with Gasteiger partial charge in [0.05, 0.1) is 41.2 Å². The molecule has 1 aromatic carbocycles. The molecule has 0 unspecified atom stereocenters. The van der Waals surface area contributed by atoms with Crippen LogP contribution < -0.4 is 10.6 Å². The molecule has 35 heavy (non-hydrogen) atoms. The molecule has 0 saturated carbocycles. The zero-order valence-corrected chi connectivity index (χ0v) is 18.7. The van der Waals surface area contributed by atoms with Crippen LogP contribution in [-0.2, 0) is 10.9 Å². The smallest absolute Gasteiger partial charge is 0.377 e. The third-order valence-corrected chi connectivity index (χ3v) is 5.79. The van der Waals surface area contributed by atoms with Crippen molar-refractivity contribution in [2.24, 2.45) is 4.99 Å². The van der Waals surface area contributed by atoms with Crippen molar-refractivity contribution in [3.05, 3.63) is 63.9 Å². The number of fused-ring (bicyclic) bond motifs is 3. The summed E-state index contributed by atoms with van der Waals surface area (Å²) >= 11 is 6.26. The highest BCUT2D eigenvalue weighted by Crippen LogP contribution is 2.41. The van der Waals surface area contributed by atoms with E-state index in [0.29, 0.717) is 13.2 Å². The number of carbonyl (C=O) groups is 1. The van der Waals surface area contributed by atoms with Crippen molar-refractivity contribution in [3.8, 4) is 5.69 Å². The largest absolute Gasteiger partial charge is 0.417 e. The molecular weight excluding hydrogens is 494 g/mol. The number of nitrogens with zero attached hydrogens (tertiary/aromatic N) is 5. The Morgan fingerprint density at radius 3 is 2.69 bits per heavy atom. The van der Waals surface area contributed by atoms with Crippen molar-refractivity contribution in [3.63, 3.8) is 0 Å². The number of rotatable bonds is 3. The Morgan fingerprint density at radius 2 is 2.03 bits per heavy atom. The Balaban J connectivity index is 1.65. The van der Waals surface area contributed by atoms with Gasteiger partial charge in [-0.25, -0.2) is 13.9 Å². The minimum absolute atomic E-state index is 0.0690. The molecule has 0 spiro atoms. The molecule has 14 heteroatoms. The Hall–Kier alpha value is -3.58. The van der Waals surface area contributed by atoms with Crippen molar-refractivity contribution >= 4 is 29.3 Å². The van der Waals surface area contributed by atoms with Gasteiger partial charge < -0.3 is 10.1 Å². The highest BCUT2D eigenvalue weighted by atomic mass is 35.5. The van der Waals surface area contributed by atoms with Gasteiger partial charge in [0.2, 0.25) is 0 Å². The molecule has 0 bridgehead atoms. The molecule has 3 aromatic rings. The Morgan fingerprint density at radius 1 is 1.26 bits per heavy atom. The van der Waals surface area contributed by atoms with Gasteiger partial charge in [-0.05, 0) is 31.2 Å². The van der Waals surface area contributed by atoms with Crippen LogP contribution in [-0.4, -0.2) is 50.7 Å². The van der Waals surface area contributed by atoms with Gasteiger partial charge in [0.15, 0.2) is 11.6 Å². The number of amides is 2. The summed E-state index contributed by atoms with van der Waals surface area (Å²) < 4.78 is 61.9. The number of nitrogens with one attached hydrogen (secondary N) is 2. The second-order valence-electron chi connectivity index (χ2n) is 7.84. The number of urea groups is 1. The quantitative estimate of drug-likeness (QED) is 0.521. The van der Waals surface area contributed by atoms with E-state index in [0.717, 1.165) is 18.2 Å². The van der Waals surface area contributed by atoms with Crippen molar-refractivity contribution in [2.45, 2.75) is 25.2 Å². The van der Waals surface area contributed by atoms with Crippen molar-refractivity contribution in [1.82, 2.24) is 25.1 Å². The van der Waals surface area contributed by atoms with Gasteiger partial charge in [0, 0.05) is 11.8 Å². The van der Waals surface area contributed by atoms with Gasteiger partial charge in [0.25, 0.3) is 5.95 Å². The molecule has 182 valence electrons. The molecule has 0 radical (unpaired) electrons. The molecule has 5 rings (SSSR count). The monoisotopic (exact) mass is 509 g/mol. The van der Waals surface area contributed by atoms with Gasteiger partial charge in [0.1, 0.15) is 11.7 Å². The summed E-state index contributed by atoms with van der Waals surface area (Å²) in [5.74, 6) is -0.700. The highest BCUT2D eigenvalue weighted by molar-refractivity contribution is 6.37. The number of alkyl halides is 3. The van der Waals surface area contributed by atoms with E-state index in [4.69, 9.17) is 16.3 Å². The van der Waals surface area contributed by atoms with Crippen molar-refractivity contribution in [2.75, 3.05) is 18.5 Å². The van der Waals surface area contributed by atoms with Crippen LogP contribution in [0.15, 0.2) is 35.5 Å². The van der Waals surface area contributed by atoms with E-state index < -0.39 is 34.7 Å². The van der Waals surface area contributed by atoms with E-state index in [1.807, 2.05) is 0 Å². The fraction of sp³-hybridized carbons (Fsp3) is 0.286. The lowest BCUT2D eigenvalue weighted by Crippen LogP contribution is -2.50. The lowest BCUT2D eigenvalue weighted by atomic mass is 10.0. The van der Waals surface area contributed by atoms with E-state index in [9.17, 15) is 22.4 Å². The van der Waals surface area contributed by atoms with Gasteiger partial charge in [-0.15, -0.1) is 5.10 Å². The van der Waals surface area contributed by atoms with E-state index >= 15 is 0 Å². The molecule has 2 aliphatic rings. The zero-order valence-electron chi connectivity index (χ0n) is 17.9. The molecular formula is C21H16ClF4N7O2. The molecule has 1 atom stereocenters. The lowest BCUT2D eigenvalue weighted by Gasteiger charge is -2.26. The number of ether oxygens (including phenoxy) is 1. The first-order valence-corrected chi connectivity index (χ1v) is 10.7. The molecule has 2 aromatic heterocycles. The van der Waals surface area contributed by atoms with Gasteiger partial charge >= 0.3 is 12.2 Å². The van der Waals surface area contributed by atoms with Crippen LogP contribution in [0.2, 0.25) is 5.02 Å². The Labute approximate surface area is 200 Å². The normalized spacial score (nSPS) is 17.5. The van der Waals surface area contributed by atoms with E-state index in [1.54, 1.807) is 6.92 Å². The zero-order chi connectivity index (χ0) is 24.9. The molecule has 2 amide bonds. The third-order valence-electron chi connectivity index (χ3n) is 5.40. The Bertz CT molecular complexity index is 1350. The summed E-state index contributed by atoms with van der Waals surface area (Å²) in [5.41, 5.74) is -1.71. The first-order valence-electron chi connectivity index (χ1n) is 10.3.